The van der Waals surface area contributed by atoms with Crippen LogP contribution >= 0.6 is 11.6 Å². The largest absolute Gasteiger partial charge is 0.481 e. The molecule has 0 spiro atoms. The summed E-state index contributed by atoms with van der Waals surface area (Å²) in [5.74, 6) is -1.08. The van der Waals surface area contributed by atoms with Gasteiger partial charge >= 0.3 is 5.97 Å². The molecular formula is C10H10ClN3O2. The van der Waals surface area contributed by atoms with Gasteiger partial charge in [0.1, 0.15) is 17.1 Å². The van der Waals surface area contributed by atoms with Crippen LogP contribution in [-0.2, 0) is 4.79 Å². The minimum Gasteiger partial charge on any atom is -0.481 e. The van der Waals surface area contributed by atoms with Gasteiger partial charge in [0, 0.05) is 12.1 Å². The molecule has 1 unspecified atom stereocenters. The molecule has 2 aromatic rings. The Morgan fingerprint density at radius 1 is 1.69 bits per heavy atom. The number of hydrogen-bond donors (Lipinski definition) is 1. The van der Waals surface area contributed by atoms with Crippen molar-refractivity contribution < 1.29 is 9.90 Å². The molecule has 1 N–H and O–H groups in total. The van der Waals surface area contributed by atoms with Crippen molar-refractivity contribution in [3.63, 3.8) is 0 Å². The summed E-state index contributed by atoms with van der Waals surface area (Å²) in [7, 11) is 0. The molecule has 0 fully saturated rings. The monoisotopic (exact) mass is 239 g/mol. The third-order valence-electron chi connectivity index (χ3n) is 2.34. The Labute approximate surface area is 96.7 Å². The first kappa shape index (κ1) is 10.9. The van der Waals surface area contributed by atoms with E-state index in [1.165, 1.54) is 0 Å². The smallest absolute Gasteiger partial charge is 0.304 e. The summed E-state index contributed by atoms with van der Waals surface area (Å²) in [6.45, 7) is 1.79. The van der Waals surface area contributed by atoms with E-state index in [1.807, 2.05) is 0 Å². The van der Waals surface area contributed by atoms with Gasteiger partial charge in [0.15, 0.2) is 0 Å². The second-order valence-electron chi connectivity index (χ2n) is 3.60. The standard InChI is InChI=1S/C10H10ClN3O2/c1-6(4-8(15)16)9-10(11)14-5-12-3-2-7(14)13-9/h2-3,5-6H,4H2,1H3,(H,15,16). The molecule has 0 aliphatic carbocycles. The van der Waals surface area contributed by atoms with Gasteiger partial charge in [0.05, 0.1) is 12.1 Å². The molecule has 0 saturated heterocycles. The number of aromatic nitrogens is 3. The van der Waals surface area contributed by atoms with Crippen LogP contribution in [0.1, 0.15) is 25.0 Å². The Kier molecular flexibility index (Phi) is 2.78. The van der Waals surface area contributed by atoms with Gasteiger partial charge in [-0.05, 0) is 6.07 Å². The fourth-order valence-corrected chi connectivity index (χ4v) is 1.92. The van der Waals surface area contributed by atoms with Crippen LogP contribution in [0, 0.1) is 0 Å². The maximum absolute atomic E-state index is 10.6. The zero-order chi connectivity index (χ0) is 11.7. The lowest BCUT2D eigenvalue weighted by Crippen LogP contribution is -2.03. The lowest BCUT2D eigenvalue weighted by atomic mass is 10.1. The van der Waals surface area contributed by atoms with E-state index in [0.29, 0.717) is 16.5 Å². The summed E-state index contributed by atoms with van der Waals surface area (Å²) in [4.78, 5) is 18.8. The van der Waals surface area contributed by atoms with Crippen LogP contribution in [0.2, 0.25) is 5.15 Å². The lowest BCUT2D eigenvalue weighted by molar-refractivity contribution is -0.137. The van der Waals surface area contributed by atoms with Crippen molar-refractivity contribution in [1.82, 2.24) is 14.4 Å². The molecule has 16 heavy (non-hydrogen) atoms. The first-order valence-corrected chi connectivity index (χ1v) is 5.16. The quantitative estimate of drug-likeness (QED) is 0.889. The predicted octanol–water partition coefficient (Wildman–Crippen LogP) is 1.96. The number of imidazole rings is 1. The van der Waals surface area contributed by atoms with Crippen LogP contribution < -0.4 is 0 Å². The first-order chi connectivity index (χ1) is 7.59. The average molecular weight is 240 g/mol. The number of carboxylic acid groups (broad SMARTS) is 1. The normalized spacial score (nSPS) is 12.9. The van der Waals surface area contributed by atoms with Crippen molar-refractivity contribution in [3.8, 4) is 0 Å². The molecule has 5 nitrogen and oxygen atoms in total. The van der Waals surface area contributed by atoms with E-state index in [1.54, 1.807) is 29.9 Å². The highest BCUT2D eigenvalue weighted by atomic mass is 35.5. The molecule has 6 heteroatoms. The number of carboxylic acids is 1. The average Bonchev–Trinajstić information content (AvgIpc) is 2.56. The van der Waals surface area contributed by atoms with Crippen molar-refractivity contribution >= 4 is 23.2 Å². The topological polar surface area (TPSA) is 67.5 Å². The van der Waals surface area contributed by atoms with Gasteiger partial charge in [-0.2, -0.15) is 0 Å². The van der Waals surface area contributed by atoms with E-state index in [9.17, 15) is 4.79 Å². The molecule has 1 atom stereocenters. The number of rotatable bonds is 3. The van der Waals surface area contributed by atoms with Gasteiger partial charge in [-0.3, -0.25) is 9.20 Å². The summed E-state index contributed by atoms with van der Waals surface area (Å²) in [5.41, 5.74) is 1.27. The number of halogens is 1. The van der Waals surface area contributed by atoms with E-state index in [0.717, 1.165) is 0 Å². The molecule has 0 amide bonds. The Bertz CT molecular complexity index is 538. The van der Waals surface area contributed by atoms with Crippen LogP contribution in [0.3, 0.4) is 0 Å². The molecule has 2 heterocycles. The number of aliphatic carboxylic acids is 1. The molecule has 2 rings (SSSR count). The molecular weight excluding hydrogens is 230 g/mol. The van der Waals surface area contributed by atoms with Crippen molar-refractivity contribution in [2.45, 2.75) is 19.3 Å². The highest BCUT2D eigenvalue weighted by molar-refractivity contribution is 6.30. The maximum Gasteiger partial charge on any atom is 0.304 e. The number of fused-ring (bicyclic) bond motifs is 1. The van der Waals surface area contributed by atoms with Crippen molar-refractivity contribution in [2.24, 2.45) is 0 Å². The summed E-state index contributed by atoms with van der Waals surface area (Å²) >= 11 is 6.10. The Balaban J connectivity index is 2.45. The minimum atomic E-state index is -0.862. The van der Waals surface area contributed by atoms with E-state index < -0.39 is 5.97 Å². The highest BCUT2D eigenvalue weighted by Crippen LogP contribution is 2.26. The van der Waals surface area contributed by atoms with Gasteiger partial charge in [0.25, 0.3) is 0 Å². The van der Waals surface area contributed by atoms with E-state index >= 15 is 0 Å². The third kappa shape index (κ3) is 1.86. The van der Waals surface area contributed by atoms with Crippen molar-refractivity contribution in [1.29, 1.82) is 0 Å². The number of carbonyl (C=O) groups is 1. The van der Waals surface area contributed by atoms with E-state index in [2.05, 4.69) is 9.97 Å². The number of hydrogen-bond acceptors (Lipinski definition) is 3. The van der Waals surface area contributed by atoms with E-state index in [-0.39, 0.29) is 12.3 Å². The minimum absolute atomic E-state index is 0.0109. The molecule has 2 aromatic heterocycles. The first-order valence-electron chi connectivity index (χ1n) is 4.79. The zero-order valence-electron chi connectivity index (χ0n) is 8.59. The predicted molar refractivity (Wildman–Crippen MR) is 58.7 cm³/mol. The zero-order valence-corrected chi connectivity index (χ0v) is 9.35. The third-order valence-corrected chi connectivity index (χ3v) is 2.72. The molecule has 0 saturated carbocycles. The van der Waals surface area contributed by atoms with Crippen LogP contribution in [0.4, 0.5) is 0 Å². The van der Waals surface area contributed by atoms with Gasteiger partial charge in [-0.1, -0.05) is 18.5 Å². The van der Waals surface area contributed by atoms with Crippen LogP contribution in [-0.4, -0.2) is 25.4 Å². The summed E-state index contributed by atoms with van der Waals surface area (Å²) in [6.07, 6.45) is 3.18. The van der Waals surface area contributed by atoms with Gasteiger partial charge in [-0.15, -0.1) is 0 Å². The summed E-state index contributed by atoms with van der Waals surface area (Å²) in [5, 5.41) is 9.15. The highest BCUT2D eigenvalue weighted by Gasteiger charge is 2.18. The molecule has 84 valence electrons. The molecule has 0 aromatic carbocycles. The van der Waals surface area contributed by atoms with Gasteiger partial charge < -0.3 is 5.11 Å². The van der Waals surface area contributed by atoms with Crippen molar-refractivity contribution in [2.75, 3.05) is 0 Å². The van der Waals surface area contributed by atoms with Crippen LogP contribution in [0.5, 0.6) is 0 Å². The van der Waals surface area contributed by atoms with Gasteiger partial charge in [-0.25, -0.2) is 9.97 Å². The SMILES string of the molecule is CC(CC(=O)O)c1nc2ccncn2c1Cl. The fraction of sp³-hybridized carbons (Fsp3) is 0.300. The van der Waals surface area contributed by atoms with Crippen molar-refractivity contribution in [3.05, 3.63) is 29.4 Å². The van der Waals surface area contributed by atoms with Crippen LogP contribution in [0.25, 0.3) is 5.65 Å². The molecule has 0 aliphatic heterocycles. The summed E-state index contributed by atoms with van der Waals surface area (Å²) in [6, 6.07) is 1.73. The molecule has 0 radical (unpaired) electrons. The maximum atomic E-state index is 10.6. The Morgan fingerprint density at radius 3 is 3.06 bits per heavy atom. The molecule has 0 bridgehead atoms. The van der Waals surface area contributed by atoms with E-state index in [4.69, 9.17) is 16.7 Å². The van der Waals surface area contributed by atoms with Gasteiger partial charge in [0.2, 0.25) is 0 Å². The Hall–Kier alpha value is -1.62. The summed E-state index contributed by atoms with van der Waals surface area (Å²) < 4.78 is 1.63. The number of nitrogens with zero attached hydrogens (tertiary/aromatic N) is 3. The lowest BCUT2D eigenvalue weighted by Gasteiger charge is -2.04. The Morgan fingerprint density at radius 2 is 2.44 bits per heavy atom. The fourth-order valence-electron chi connectivity index (χ4n) is 1.56. The van der Waals surface area contributed by atoms with Crippen LogP contribution in [0.15, 0.2) is 18.6 Å². The second kappa shape index (κ2) is 4.09. The second-order valence-corrected chi connectivity index (χ2v) is 3.95. The molecule has 0 aliphatic rings.